The Kier molecular flexibility index (Phi) is 4.50. The van der Waals surface area contributed by atoms with Crippen LogP contribution in [0.1, 0.15) is 12.5 Å². The largest absolute Gasteiger partial charge is 0.497 e. The quantitative estimate of drug-likeness (QED) is 0.505. The van der Waals surface area contributed by atoms with Crippen molar-refractivity contribution in [1.82, 2.24) is 9.55 Å². The third-order valence-electron chi connectivity index (χ3n) is 4.58. The Morgan fingerprint density at radius 1 is 1.00 bits per heavy atom. The van der Waals surface area contributed by atoms with Crippen LogP contribution in [-0.2, 0) is 6.54 Å². The first-order valence-electron chi connectivity index (χ1n) is 8.88. The zero-order chi connectivity index (χ0) is 18.8. The van der Waals surface area contributed by atoms with E-state index < -0.39 is 0 Å². The molecule has 27 heavy (non-hydrogen) atoms. The Hall–Kier alpha value is -3.34. The molecule has 0 atom stereocenters. The fourth-order valence-corrected chi connectivity index (χ4v) is 3.35. The summed E-state index contributed by atoms with van der Waals surface area (Å²) < 4.78 is 13.0. The second-order valence-corrected chi connectivity index (χ2v) is 6.25. The van der Waals surface area contributed by atoms with Crippen molar-refractivity contribution < 1.29 is 9.47 Å². The predicted molar refractivity (Wildman–Crippen MR) is 107 cm³/mol. The van der Waals surface area contributed by atoms with Crippen LogP contribution in [0.25, 0.3) is 21.9 Å². The minimum Gasteiger partial charge on any atom is -0.497 e. The standard InChI is InChI=1S/C22H20N2O3/c1-3-27-17-9-10-20-19(13-17)21(25)18-8-5-11-23-22(18)24(20)14-15-6-4-7-16(12-15)26-2/h4-13H,3,14H2,1-2H3. The molecular formula is C22H20N2O3. The molecule has 4 aromatic rings. The fourth-order valence-electron chi connectivity index (χ4n) is 3.35. The van der Waals surface area contributed by atoms with E-state index in [0.29, 0.717) is 35.3 Å². The normalized spacial score (nSPS) is 11.0. The molecular weight excluding hydrogens is 340 g/mol. The summed E-state index contributed by atoms with van der Waals surface area (Å²) in [5.41, 5.74) is 2.54. The summed E-state index contributed by atoms with van der Waals surface area (Å²) >= 11 is 0. The Bertz CT molecular complexity index is 1180. The molecule has 0 aliphatic heterocycles. The van der Waals surface area contributed by atoms with Crippen molar-refractivity contribution in [3.05, 3.63) is 76.6 Å². The number of aromatic nitrogens is 2. The monoisotopic (exact) mass is 360 g/mol. The van der Waals surface area contributed by atoms with E-state index in [4.69, 9.17) is 9.47 Å². The van der Waals surface area contributed by atoms with Gasteiger partial charge in [-0.25, -0.2) is 4.98 Å². The molecule has 2 aromatic carbocycles. The molecule has 5 heteroatoms. The van der Waals surface area contributed by atoms with Crippen molar-refractivity contribution in [3.63, 3.8) is 0 Å². The smallest absolute Gasteiger partial charge is 0.198 e. The molecule has 2 aromatic heterocycles. The first-order chi connectivity index (χ1) is 13.2. The Morgan fingerprint density at radius 3 is 2.70 bits per heavy atom. The van der Waals surface area contributed by atoms with E-state index >= 15 is 0 Å². The van der Waals surface area contributed by atoms with E-state index in [-0.39, 0.29) is 5.43 Å². The number of nitrogens with zero attached hydrogens (tertiary/aromatic N) is 2. The summed E-state index contributed by atoms with van der Waals surface area (Å²) in [5, 5.41) is 1.23. The number of fused-ring (bicyclic) bond motifs is 2. The van der Waals surface area contributed by atoms with Crippen LogP contribution in [-0.4, -0.2) is 23.3 Å². The van der Waals surface area contributed by atoms with Crippen molar-refractivity contribution in [2.45, 2.75) is 13.5 Å². The highest BCUT2D eigenvalue weighted by molar-refractivity contribution is 5.92. The number of methoxy groups -OCH3 is 1. The van der Waals surface area contributed by atoms with E-state index in [0.717, 1.165) is 16.8 Å². The minimum absolute atomic E-state index is 0.0310. The molecule has 0 N–H and O–H groups in total. The molecule has 136 valence electrons. The van der Waals surface area contributed by atoms with Gasteiger partial charge in [-0.1, -0.05) is 12.1 Å². The molecule has 0 fully saturated rings. The van der Waals surface area contributed by atoms with Gasteiger partial charge in [-0.2, -0.15) is 0 Å². The van der Waals surface area contributed by atoms with E-state index in [2.05, 4.69) is 9.55 Å². The summed E-state index contributed by atoms with van der Waals surface area (Å²) in [6.07, 6.45) is 1.71. The van der Waals surface area contributed by atoms with E-state index in [1.807, 2.05) is 55.5 Å². The molecule has 0 aliphatic carbocycles. The zero-order valence-electron chi connectivity index (χ0n) is 15.3. The maximum Gasteiger partial charge on any atom is 0.198 e. The molecule has 0 aliphatic rings. The molecule has 2 heterocycles. The van der Waals surface area contributed by atoms with Gasteiger partial charge in [-0.15, -0.1) is 0 Å². The van der Waals surface area contributed by atoms with Gasteiger partial charge >= 0.3 is 0 Å². The summed E-state index contributed by atoms with van der Waals surface area (Å²) in [5.74, 6) is 1.49. The maximum atomic E-state index is 13.0. The van der Waals surface area contributed by atoms with Crippen molar-refractivity contribution in [3.8, 4) is 11.5 Å². The van der Waals surface area contributed by atoms with Crippen LogP contribution in [0.5, 0.6) is 11.5 Å². The lowest BCUT2D eigenvalue weighted by atomic mass is 10.1. The van der Waals surface area contributed by atoms with Crippen LogP contribution in [0, 0.1) is 0 Å². The van der Waals surface area contributed by atoms with Crippen LogP contribution in [0.4, 0.5) is 0 Å². The SMILES string of the molecule is CCOc1ccc2c(c1)c(=O)c1cccnc1n2Cc1cccc(OC)c1. The third-order valence-corrected chi connectivity index (χ3v) is 4.58. The number of hydrogen-bond donors (Lipinski definition) is 0. The molecule has 0 unspecified atom stereocenters. The van der Waals surface area contributed by atoms with Gasteiger partial charge < -0.3 is 14.0 Å². The molecule has 5 nitrogen and oxygen atoms in total. The Morgan fingerprint density at radius 2 is 1.89 bits per heavy atom. The predicted octanol–water partition coefficient (Wildman–Crippen LogP) is 4.01. The van der Waals surface area contributed by atoms with Gasteiger partial charge in [0.2, 0.25) is 0 Å². The maximum absolute atomic E-state index is 13.0. The van der Waals surface area contributed by atoms with Gasteiger partial charge in [0, 0.05) is 12.7 Å². The highest BCUT2D eigenvalue weighted by Gasteiger charge is 2.13. The zero-order valence-corrected chi connectivity index (χ0v) is 15.3. The molecule has 0 amide bonds. The van der Waals surface area contributed by atoms with Crippen molar-refractivity contribution >= 4 is 21.9 Å². The van der Waals surface area contributed by atoms with Gasteiger partial charge in [0.25, 0.3) is 0 Å². The van der Waals surface area contributed by atoms with E-state index in [1.54, 1.807) is 19.4 Å². The minimum atomic E-state index is -0.0310. The molecule has 4 rings (SSSR count). The average molecular weight is 360 g/mol. The molecule has 0 spiro atoms. The Labute approximate surface area is 156 Å². The highest BCUT2D eigenvalue weighted by Crippen LogP contribution is 2.24. The first kappa shape index (κ1) is 17.1. The number of benzene rings is 2. The first-order valence-corrected chi connectivity index (χ1v) is 8.88. The van der Waals surface area contributed by atoms with Crippen LogP contribution in [0.2, 0.25) is 0 Å². The highest BCUT2D eigenvalue weighted by atomic mass is 16.5. The molecule has 0 saturated heterocycles. The van der Waals surface area contributed by atoms with Gasteiger partial charge in [-0.05, 0) is 55.0 Å². The van der Waals surface area contributed by atoms with Crippen molar-refractivity contribution in [2.75, 3.05) is 13.7 Å². The third kappa shape index (κ3) is 3.12. The van der Waals surface area contributed by atoms with Crippen LogP contribution in [0.3, 0.4) is 0 Å². The van der Waals surface area contributed by atoms with E-state index in [9.17, 15) is 4.79 Å². The lowest BCUT2D eigenvalue weighted by Gasteiger charge is -2.15. The lowest BCUT2D eigenvalue weighted by Crippen LogP contribution is -2.13. The van der Waals surface area contributed by atoms with Gasteiger partial charge in [0.1, 0.15) is 17.1 Å². The number of pyridine rings is 2. The lowest BCUT2D eigenvalue weighted by molar-refractivity contribution is 0.340. The topological polar surface area (TPSA) is 53.3 Å². The molecule has 0 bridgehead atoms. The Balaban J connectivity index is 1.98. The van der Waals surface area contributed by atoms with Crippen LogP contribution >= 0.6 is 0 Å². The van der Waals surface area contributed by atoms with E-state index in [1.165, 1.54) is 0 Å². The van der Waals surface area contributed by atoms with Gasteiger partial charge in [-0.3, -0.25) is 4.79 Å². The van der Waals surface area contributed by atoms with Crippen LogP contribution < -0.4 is 14.9 Å². The second kappa shape index (κ2) is 7.11. The number of hydrogen-bond acceptors (Lipinski definition) is 4. The van der Waals surface area contributed by atoms with Crippen molar-refractivity contribution in [2.24, 2.45) is 0 Å². The average Bonchev–Trinajstić information content (AvgIpc) is 2.71. The van der Waals surface area contributed by atoms with Gasteiger partial charge in [0.05, 0.1) is 30.0 Å². The van der Waals surface area contributed by atoms with Gasteiger partial charge in [0.15, 0.2) is 5.43 Å². The number of ether oxygens (including phenoxy) is 2. The number of rotatable bonds is 5. The van der Waals surface area contributed by atoms with Crippen molar-refractivity contribution in [1.29, 1.82) is 0 Å². The summed E-state index contributed by atoms with van der Waals surface area (Å²) in [7, 11) is 1.65. The second-order valence-electron chi connectivity index (χ2n) is 6.25. The summed E-state index contributed by atoms with van der Waals surface area (Å²) in [6.45, 7) is 3.06. The molecule has 0 radical (unpaired) electrons. The van der Waals surface area contributed by atoms with Crippen LogP contribution in [0.15, 0.2) is 65.6 Å². The molecule has 0 saturated carbocycles. The summed E-state index contributed by atoms with van der Waals surface area (Å²) in [6, 6.07) is 17.1. The summed E-state index contributed by atoms with van der Waals surface area (Å²) in [4.78, 5) is 17.5. The fraction of sp³-hybridized carbons (Fsp3) is 0.182.